The van der Waals surface area contributed by atoms with Gasteiger partial charge in [0.2, 0.25) is 0 Å². The predicted octanol–water partition coefficient (Wildman–Crippen LogP) is 2.14. The number of hydrogen-bond donors (Lipinski definition) is 1. The molecule has 1 aromatic rings. The average molecular weight is 247 g/mol. The van der Waals surface area contributed by atoms with Crippen molar-refractivity contribution in [3.05, 3.63) is 35.4 Å². The minimum absolute atomic E-state index is 0.104. The van der Waals surface area contributed by atoms with Gasteiger partial charge in [0.1, 0.15) is 0 Å². The van der Waals surface area contributed by atoms with Gasteiger partial charge in [0.05, 0.1) is 18.6 Å². The van der Waals surface area contributed by atoms with Crippen LogP contribution >= 0.6 is 0 Å². The van der Waals surface area contributed by atoms with E-state index in [4.69, 9.17) is 10.5 Å². The summed E-state index contributed by atoms with van der Waals surface area (Å²) in [5.41, 5.74) is 7.29. The molecule has 1 aromatic carbocycles. The molecule has 0 aromatic heterocycles. The van der Waals surface area contributed by atoms with E-state index in [0.29, 0.717) is 19.8 Å². The molecule has 98 valence electrons. The molecule has 0 spiro atoms. The van der Waals surface area contributed by atoms with Crippen molar-refractivity contribution >= 4 is 5.78 Å². The van der Waals surface area contributed by atoms with Gasteiger partial charge in [-0.3, -0.25) is 4.79 Å². The second-order valence-electron chi connectivity index (χ2n) is 6.13. The molecular formula is C15H21NO2. The van der Waals surface area contributed by atoms with E-state index in [-0.39, 0.29) is 11.2 Å². The summed E-state index contributed by atoms with van der Waals surface area (Å²) in [6, 6.07) is 7.85. The molecule has 3 heteroatoms. The van der Waals surface area contributed by atoms with E-state index < -0.39 is 5.41 Å². The van der Waals surface area contributed by atoms with E-state index in [1.54, 1.807) is 0 Å². The minimum Gasteiger partial charge on any atom is -0.379 e. The first-order chi connectivity index (χ1) is 8.39. The van der Waals surface area contributed by atoms with E-state index >= 15 is 0 Å². The van der Waals surface area contributed by atoms with Gasteiger partial charge in [-0.1, -0.05) is 45.0 Å². The fourth-order valence-electron chi connectivity index (χ4n) is 2.12. The predicted molar refractivity (Wildman–Crippen MR) is 71.8 cm³/mol. The van der Waals surface area contributed by atoms with E-state index in [1.165, 1.54) is 5.56 Å². The number of ketones is 1. The molecule has 2 N–H and O–H groups in total. The molecule has 1 heterocycles. The third-order valence-corrected chi connectivity index (χ3v) is 3.64. The zero-order valence-corrected chi connectivity index (χ0v) is 11.3. The maximum atomic E-state index is 12.4. The van der Waals surface area contributed by atoms with Gasteiger partial charge in [0.25, 0.3) is 0 Å². The molecule has 0 aliphatic carbocycles. The quantitative estimate of drug-likeness (QED) is 0.833. The number of carbonyl (C=O) groups is 1. The van der Waals surface area contributed by atoms with E-state index in [2.05, 4.69) is 20.8 Å². The number of benzene rings is 1. The third-order valence-electron chi connectivity index (χ3n) is 3.64. The summed E-state index contributed by atoms with van der Waals surface area (Å²) in [7, 11) is 0. The summed E-state index contributed by atoms with van der Waals surface area (Å²) in [6.45, 7) is 7.72. The maximum absolute atomic E-state index is 12.4. The number of hydrogen-bond acceptors (Lipinski definition) is 3. The SMILES string of the molecule is CC(C)(C)c1ccc(C(=O)C2(CN)COC2)cc1. The lowest BCUT2D eigenvalue weighted by Gasteiger charge is -2.38. The van der Waals surface area contributed by atoms with Gasteiger partial charge in [-0.15, -0.1) is 0 Å². The smallest absolute Gasteiger partial charge is 0.174 e. The first-order valence-corrected chi connectivity index (χ1v) is 6.32. The highest BCUT2D eigenvalue weighted by atomic mass is 16.5. The number of carbonyl (C=O) groups excluding carboxylic acids is 1. The normalized spacial score (nSPS) is 18.2. The van der Waals surface area contributed by atoms with Crippen LogP contribution in [0.4, 0.5) is 0 Å². The van der Waals surface area contributed by atoms with Crippen LogP contribution < -0.4 is 5.73 Å². The highest BCUT2D eigenvalue weighted by Crippen LogP contribution is 2.31. The highest BCUT2D eigenvalue weighted by molar-refractivity contribution is 6.01. The lowest BCUT2D eigenvalue weighted by Crippen LogP contribution is -2.54. The Kier molecular flexibility index (Phi) is 3.30. The third kappa shape index (κ3) is 2.20. The van der Waals surface area contributed by atoms with Crippen molar-refractivity contribution in [2.45, 2.75) is 26.2 Å². The second-order valence-corrected chi connectivity index (χ2v) is 6.13. The molecule has 0 saturated carbocycles. The second kappa shape index (κ2) is 4.48. The number of nitrogens with two attached hydrogens (primary N) is 1. The summed E-state index contributed by atoms with van der Waals surface area (Å²) in [6.07, 6.45) is 0. The summed E-state index contributed by atoms with van der Waals surface area (Å²) in [5.74, 6) is 0.108. The Bertz CT molecular complexity index is 433. The highest BCUT2D eigenvalue weighted by Gasteiger charge is 2.44. The van der Waals surface area contributed by atoms with Crippen LogP contribution in [0.5, 0.6) is 0 Å². The molecule has 3 nitrogen and oxygen atoms in total. The van der Waals surface area contributed by atoms with E-state index in [0.717, 1.165) is 5.56 Å². The number of rotatable bonds is 3. The van der Waals surface area contributed by atoms with Gasteiger partial charge in [0.15, 0.2) is 5.78 Å². The van der Waals surface area contributed by atoms with Gasteiger partial charge in [-0.2, -0.15) is 0 Å². The van der Waals surface area contributed by atoms with Crippen LogP contribution in [0.3, 0.4) is 0 Å². The zero-order valence-electron chi connectivity index (χ0n) is 11.3. The fourth-order valence-corrected chi connectivity index (χ4v) is 2.12. The summed E-state index contributed by atoms with van der Waals surface area (Å²) in [5, 5.41) is 0. The molecule has 0 bridgehead atoms. The van der Waals surface area contributed by atoms with Crippen LogP contribution in [0.2, 0.25) is 0 Å². The molecule has 1 fully saturated rings. The van der Waals surface area contributed by atoms with Crippen molar-refractivity contribution in [2.75, 3.05) is 19.8 Å². The summed E-state index contributed by atoms with van der Waals surface area (Å²) >= 11 is 0. The summed E-state index contributed by atoms with van der Waals surface area (Å²) in [4.78, 5) is 12.4. The Balaban J connectivity index is 2.22. The van der Waals surface area contributed by atoms with Crippen LogP contribution in [0.25, 0.3) is 0 Å². The van der Waals surface area contributed by atoms with Gasteiger partial charge >= 0.3 is 0 Å². The first kappa shape index (κ1) is 13.2. The van der Waals surface area contributed by atoms with Crippen LogP contribution in [-0.4, -0.2) is 25.5 Å². The van der Waals surface area contributed by atoms with Crippen LogP contribution in [-0.2, 0) is 10.2 Å². The van der Waals surface area contributed by atoms with E-state index in [1.807, 2.05) is 24.3 Å². The van der Waals surface area contributed by atoms with Crippen LogP contribution in [0.15, 0.2) is 24.3 Å². The average Bonchev–Trinajstić information content (AvgIpc) is 2.27. The molecule has 18 heavy (non-hydrogen) atoms. The standard InChI is InChI=1S/C15H21NO2/c1-14(2,3)12-6-4-11(5-7-12)13(17)15(8-16)9-18-10-15/h4-7H,8-10,16H2,1-3H3. The topological polar surface area (TPSA) is 52.3 Å². The van der Waals surface area contributed by atoms with Crippen LogP contribution in [0.1, 0.15) is 36.7 Å². The Morgan fingerprint density at radius 2 is 1.83 bits per heavy atom. The molecule has 0 amide bonds. The van der Waals surface area contributed by atoms with Gasteiger partial charge in [-0.05, 0) is 11.0 Å². The number of Topliss-reactive ketones (excluding diaryl/α,β-unsaturated/α-hetero) is 1. The van der Waals surface area contributed by atoms with Crippen molar-refractivity contribution in [3.63, 3.8) is 0 Å². The Morgan fingerprint density at radius 3 is 2.17 bits per heavy atom. The van der Waals surface area contributed by atoms with Crippen molar-refractivity contribution < 1.29 is 9.53 Å². The molecule has 0 unspecified atom stereocenters. The van der Waals surface area contributed by atoms with Crippen molar-refractivity contribution in [1.82, 2.24) is 0 Å². The molecule has 0 radical (unpaired) electrons. The van der Waals surface area contributed by atoms with Gasteiger partial charge in [0, 0.05) is 12.1 Å². The maximum Gasteiger partial charge on any atom is 0.174 e. The zero-order chi connectivity index (χ0) is 13.4. The van der Waals surface area contributed by atoms with Crippen molar-refractivity contribution in [2.24, 2.45) is 11.1 Å². The van der Waals surface area contributed by atoms with Crippen LogP contribution in [0, 0.1) is 5.41 Å². The van der Waals surface area contributed by atoms with Crippen molar-refractivity contribution in [3.8, 4) is 0 Å². The van der Waals surface area contributed by atoms with Gasteiger partial charge < -0.3 is 10.5 Å². The fraction of sp³-hybridized carbons (Fsp3) is 0.533. The first-order valence-electron chi connectivity index (χ1n) is 6.32. The largest absolute Gasteiger partial charge is 0.379 e. The molecular weight excluding hydrogens is 226 g/mol. The lowest BCUT2D eigenvalue weighted by molar-refractivity contribution is -0.0816. The molecule has 2 rings (SSSR count). The lowest BCUT2D eigenvalue weighted by atomic mass is 9.78. The van der Waals surface area contributed by atoms with Crippen molar-refractivity contribution in [1.29, 1.82) is 0 Å². The minimum atomic E-state index is -0.483. The summed E-state index contributed by atoms with van der Waals surface area (Å²) < 4.78 is 5.15. The molecule has 1 aliphatic heterocycles. The molecule has 1 aliphatic rings. The number of ether oxygens (including phenoxy) is 1. The Hall–Kier alpha value is -1.19. The van der Waals surface area contributed by atoms with E-state index in [9.17, 15) is 4.79 Å². The Labute approximate surface area is 108 Å². The van der Waals surface area contributed by atoms with Gasteiger partial charge in [-0.25, -0.2) is 0 Å². The Morgan fingerprint density at radius 1 is 1.28 bits per heavy atom. The molecule has 1 saturated heterocycles. The monoisotopic (exact) mass is 247 g/mol. The molecule has 0 atom stereocenters.